The number of ketones is 1. The van der Waals surface area contributed by atoms with E-state index in [-0.39, 0.29) is 11.7 Å². The molecule has 1 aliphatic rings. The molecular formula is C16H25N3O2. The van der Waals surface area contributed by atoms with Gasteiger partial charge in [0.25, 0.3) is 5.91 Å². The molecule has 0 saturated carbocycles. The van der Waals surface area contributed by atoms with Gasteiger partial charge in [0.05, 0.1) is 0 Å². The molecule has 1 amide bonds. The van der Waals surface area contributed by atoms with Gasteiger partial charge < -0.3 is 15.2 Å². The lowest BCUT2D eigenvalue weighted by molar-refractivity contribution is 0.0684. The van der Waals surface area contributed by atoms with Gasteiger partial charge in [-0.3, -0.25) is 9.59 Å². The average Bonchev–Trinajstić information content (AvgIpc) is 2.74. The lowest BCUT2D eigenvalue weighted by Gasteiger charge is -2.31. The quantitative estimate of drug-likeness (QED) is 0.833. The molecule has 1 aromatic heterocycles. The average molecular weight is 291 g/mol. The lowest BCUT2D eigenvalue weighted by Crippen LogP contribution is -2.40. The van der Waals surface area contributed by atoms with Crippen LogP contribution in [0.2, 0.25) is 0 Å². The molecule has 116 valence electrons. The molecule has 0 unspecified atom stereocenters. The number of H-pyrrole nitrogens is 1. The number of carbonyl (C=O) groups is 2. The number of amides is 1. The number of aromatic nitrogens is 1. The summed E-state index contributed by atoms with van der Waals surface area (Å²) in [5.41, 5.74) is 2.80. The van der Waals surface area contributed by atoms with Gasteiger partial charge in [0.1, 0.15) is 5.69 Å². The Kier molecular flexibility index (Phi) is 4.83. The maximum absolute atomic E-state index is 12.6. The monoisotopic (exact) mass is 291 g/mol. The minimum absolute atomic E-state index is 0.00743. The summed E-state index contributed by atoms with van der Waals surface area (Å²) >= 11 is 0. The van der Waals surface area contributed by atoms with Gasteiger partial charge in [0.15, 0.2) is 5.78 Å². The summed E-state index contributed by atoms with van der Waals surface area (Å²) in [6, 6.07) is 0. The highest BCUT2D eigenvalue weighted by Gasteiger charge is 2.27. The largest absolute Gasteiger partial charge is 0.354 e. The second-order valence-corrected chi connectivity index (χ2v) is 5.97. The standard InChI is InChI=1S/C16H25N3O2/c1-10-14(12(3)20)11(2)18-15(10)16(21)19-7-5-13(6-8-19)9-17-4/h13,17-18H,5-9H2,1-4H3. The van der Waals surface area contributed by atoms with Crippen molar-refractivity contribution in [2.24, 2.45) is 5.92 Å². The van der Waals surface area contributed by atoms with Crippen LogP contribution >= 0.6 is 0 Å². The van der Waals surface area contributed by atoms with Crippen molar-refractivity contribution in [3.05, 3.63) is 22.5 Å². The van der Waals surface area contributed by atoms with Crippen molar-refractivity contribution in [3.63, 3.8) is 0 Å². The number of nitrogens with zero attached hydrogens (tertiary/aromatic N) is 1. The molecule has 21 heavy (non-hydrogen) atoms. The Balaban J connectivity index is 2.11. The van der Waals surface area contributed by atoms with E-state index in [2.05, 4.69) is 10.3 Å². The molecule has 0 aliphatic carbocycles. The van der Waals surface area contributed by atoms with E-state index in [0.717, 1.165) is 43.7 Å². The minimum atomic E-state index is 0.00743. The second-order valence-electron chi connectivity index (χ2n) is 5.97. The fraction of sp³-hybridized carbons (Fsp3) is 0.625. The number of nitrogens with one attached hydrogen (secondary N) is 2. The minimum Gasteiger partial charge on any atom is -0.354 e. The molecule has 1 saturated heterocycles. The fourth-order valence-corrected chi connectivity index (χ4v) is 3.28. The van der Waals surface area contributed by atoms with E-state index < -0.39 is 0 Å². The molecule has 5 nitrogen and oxygen atoms in total. The van der Waals surface area contributed by atoms with Gasteiger partial charge in [-0.15, -0.1) is 0 Å². The molecule has 0 spiro atoms. The van der Waals surface area contributed by atoms with Gasteiger partial charge in [-0.25, -0.2) is 0 Å². The summed E-state index contributed by atoms with van der Waals surface area (Å²) < 4.78 is 0. The molecule has 0 aromatic carbocycles. The van der Waals surface area contributed by atoms with E-state index in [1.165, 1.54) is 0 Å². The van der Waals surface area contributed by atoms with Gasteiger partial charge in [-0.1, -0.05) is 0 Å². The molecule has 1 aromatic rings. The molecule has 5 heteroatoms. The number of aromatic amines is 1. The molecule has 2 N–H and O–H groups in total. The zero-order valence-corrected chi connectivity index (χ0v) is 13.4. The van der Waals surface area contributed by atoms with E-state index in [4.69, 9.17) is 0 Å². The maximum atomic E-state index is 12.6. The smallest absolute Gasteiger partial charge is 0.270 e. The van der Waals surface area contributed by atoms with Gasteiger partial charge in [0, 0.05) is 24.3 Å². The van der Waals surface area contributed by atoms with Gasteiger partial charge >= 0.3 is 0 Å². The van der Waals surface area contributed by atoms with Crippen molar-refractivity contribution in [3.8, 4) is 0 Å². The second kappa shape index (κ2) is 6.43. The molecule has 1 aliphatic heterocycles. The molecule has 1 fully saturated rings. The number of hydrogen-bond acceptors (Lipinski definition) is 3. The highest BCUT2D eigenvalue weighted by atomic mass is 16.2. The summed E-state index contributed by atoms with van der Waals surface area (Å²) in [6.45, 7) is 7.83. The van der Waals surface area contributed by atoms with Crippen molar-refractivity contribution in [1.82, 2.24) is 15.2 Å². The van der Waals surface area contributed by atoms with Crippen LogP contribution in [0.4, 0.5) is 0 Å². The van der Waals surface area contributed by atoms with Crippen LogP contribution in [0, 0.1) is 19.8 Å². The number of hydrogen-bond donors (Lipinski definition) is 2. The van der Waals surface area contributed by atoms with Gasteiger partial charge in [-0.05, 0) is 58.7 Å². The van der Waals surface area contributed by atoms with Crippen LogP contribution in [0.15, 0.2) is 0 Å². The summed E-state index contributed by atoms with van der Waals surface area (Å²) in [6.07, 6.45) is 2.07. The SMILES string of the molecule is CNCC1CCN(C(=O)c2[nH]c(C)c(C(C)=O)c2C)CC1. The Morgan fingerprint density at radius 2 is 1.90 bits per heavy atom. The Morgan fingerprint density at radius 3 is 2.38 bits per heavy atom. The third kappa shape index (κ3) is 3.18. The van der Waals surface area contributed by atoms with Crippen LogP contribution in [0.25, 0.3) is 0 Å². The van der Waals surface area contributed by atoms with Crippen LogP contribution in [0.3, 0.4) is 0 Å². The lowest BCUT2D eigenvalue weighted by atomic mass is 9.96. The Labute approximate surface area is 126 Å². The first-order valence-corrected chi connectivity index (χ1v) is 7.59. The number of rotatable bonds is 4. The molecule has 0 bridgehead atoms. The molecule has 2 rings (SSSR count). The van der Waals surface area contributed by atoms with Crippen molar-refractivity contribution in [2.75, 3.05) is 26.7 Å². The van der Waals surface area contributed by atoms with E-state index in [9.17, 15) is 9.59 Å². The number of aryl methyl sites for hydroxylation is 1. The number of likely N-dealkylation sites (tertiary alicyclic amines) is 1. The third-order valence-electron chi connectivity index (χ3n) is 4.40. The van der Waals surface area contributed by atoms with E-state index >= 15 is 0 Å². The summed E-state index contributed by atoms with van der Waals surface area (Å²) in [4.78, 5) is 29.3. The maximum Gasteiger partial charge on any atom is 0.270 e. The molecule has 0 radical (unpaired) electrons. The number of Topliss-reactive ketones (excluding diaryl/α,β-unsaturated/α-hetero) is 1. The third-order valence-corrected chi connectivity index (χ3v) is 4.40. The van der Waals surface area contributed by atoms with E-state index in [1.54, 1.807) is 6.92 Å². The van der Waals surface area contributed by atoms with Gasteiger partial charge in [0.2, 0.25) is 0 Å². The van der Waals surface area contributed by atoms with E-state index in [1.807, 2.05) is 25.8 Å². The summed E-state index contributed by atoms with van der Waals surface area (Å²) in [7, 11) is 1.96. The normalized spacial score (nSPS) is 16.3. The highest BCUT2D eigenvalue weighted by Crippen LogP contribution is 2.23. The van der Waals surface area contributed by atoms with Crippen LogP contribution in [-0.2, 0) is 0 Å². The van der Waals surface area contributed by atoms with Crippen molar-refractivity contribution >= 4 is 11.7 Å². The van der Waals surface area contributed by atoms with E-state index in [0.29, 0.717) is 17.2 Å². The van der Waals surface area contributed by atoms with Crippen LogP contribution in [0.1, 0.15) is 51.9 Å². The number of piperidine rings is 1. The van der Waals surface area contributed by atoms with Crippen LogP contribution in [-0.4, -0.2) is 48.3 Å². The molecular weight excluding hydrogens is 266 g/mol. The van der Waals surface area contributed by atoms with Crippen LogP contribution < -0.4 is 5.32 Å². The molecule has 0 atom stereocenters. The van der Waals surface area contributed by atoms with Crippen LogP contribution in [0.5, 0.6) is 0 Å². The highest BCUT2D eigenvalue weighted by molar-refractivity contribution is 6.02. The van der Waals surface area contributed by atoms with Crippen molar-refractivity contribution in [1.29, 1.82) is 0 Å². The summed E-state index contributed by atoms with van der Waals surface area (Å²) in [5.74, 6) is 0.678. The Hall–Kier alpha value is -1.62. The first-order valence-electron chi connectivity index (χ1n) is 7.59. The summed E-state index contributed by atoms with van der Waals surface area (Å²) in [5, 5.41) is 3.20. The number of carbonyl (C=O) groups excluding carboxylic acids is 2. The predicted octanol–water partition coefficient (Wildman–Crippen LogP) is 1.91. The molecule has 2 heterocycles. The first-order chi connectivity index (χ1) is 9.95. The topological polar surface area (TPSA) is 65.2 Å². The van der Waals surface area contributed by atoms with Gasteiger partial charge in [-0.2, -0.15) is 0 Å². The zero-order valence-electron chi connectivity index (χ0n) is 13.4. The zero-order chi connectivity index (χ0) is 15.6. The fourth-order valence-electron chi connectivity index (χ4n) is 3.28. The Bertz CT molecular complexity index is 540. The first kappa shape index (κ1) is 15.8. The van der Waals surface area contributed by atoms with Crippen molar-refractivity contribution in [2.45, 2.75) is 33.6 Å². The predicted molar refractivity (Wildman–Crippen MR) is 82.8 cm³/mol. The van der Waals surface area contributed by atoms with Crippen molar-refractivity contribution < 1.29 is 9.59 Å². The Morgan fingerprint density at radius 1 is 1.29 bits per heavy atom.